The van der Waals surface area contributed by atoms with Gasteiger partial charge in [0, 0.05) is 22.6 Å². The molecule has 0 atom stereocenters. The van der Waals surface area contributed by atoms with Gasteiger partial charge in [0.25, 0.3) is 0 Å². The second-order valence-corrected chi connectivity index (χ2v) is 2.61. The number of H-pyrrole nitrogens is 1. The number of rotatable bonds is 0. The van der Waals surface area contributed by atoms with Gasteiger partial charge in [-0.1, -0.05) is 0 Å². The molecule has 3 nitrogen and oxygen atoms in total. The number of aromatic amines is 1. The predicted octanol–water partition coefficient (Wildman–Crippen LogP) is 1.87. The minimum atomic E-state index is 0.372. The highest BCUT2D eigenvalue weighted by molar-refractivity contribution is 14.1. The molecule has 0 fully saturated rings. The third-order valence-electron chi connectivity index (χ3n) is 0.919. The van der Waals surface area contributed by atoms with Crippen LogP contribution >= 0.6 is 22.6 Å². The Hall–Kier alpha value is -0.570. The molecule has 0 unspecified atom stereocenters. The van der Waals surface area contributed by atoms with Crippen molar-refractivity contribution in [2.75, 3.05) is 0 Å². The van der Waals surface area contributed by atoms with E-state index in [4.69, 9.17) is 6.57 Å². The van der Waals surface area contributed by atoms with Crippen LogP contribution in [0.4, 0.5) is 5.95 Å². The number of hydrogen-bond acceptors (Lipinski definition) is 1. The Morgan fingerprint density at radius 3 is 2.67 bits per heavy atom. The predicted molar refractivity (Wildman–Crippen MR) is 42.3 cm³/mol. The quantitative estimate of drug-likeness (QED) is 0.538. The van der Waals surface area contributed by atoms with Gasteiger partial charge in [-0.2, -0.15) is 0 Å². The molecule has 0 radical (unpaired) electrons. The van der Waals surface area contributed by atoms with Crippen LogP contribution in [0.3, 0.4) is 0 Å². The molecule has 1 rings (SSSR count). The largest absolute Gasteiger partial charge is 0.397 e. The molecule has 0 aromatic carbocycles. The smallest absolute Gasteiger partial charge is 0.337 e. The molecule has 0 aliphatic rings. The fourth-order valence-electron chi connectivity index (χ4n) is 0.477. The molecule has 0 saturated heterocycles. The van der Waals surface area contributed by atoms with Gasteiger partial charge in [-0.25, -0.2) is 0 Å². The van der Waals surface area contributed by atoms with E-state index < -0.39 is 0 Å². The Bertz CT molecular complexity index is 238. The average molecular weight is 233 g/mol. The molecule has 0 saturated carbocycles. The van der Waals surface area contributed by atoms with E-state index >= 15 is 0 Å². The highest BCUT2D eigenvalue weighted by Crippen LogP contribution is 2.12. The summed E-state index contributed by atoms with van der Waals surface area (Å²) in [5, 5.41) is 0. The minimum Gasteiger partial charge on any atom is -0.397 e. The van der Waals surface area contributed by atoms with Crippen molar-refractivity contribution in [2.24, 2.45) is 0 Å². The number of aromatic nitrogens is 2. The van der Waals surface area contributed by atoms with Gasteiger partial charge in [0.15, 0.2) is 3.70 Å². The Balaban J connectivity index is 3.16. The first-order chi connectivity index (χ1) is 4.24. The van der Waals surface area contributed by atoms with Crippen LogP contribution in [0.2, 0.25) is 0 Å². The minimum absolute atomic E-state index is 0.372. The SMILES string of the molecule is [C-]#[N+]c1nc(I)c(C)[nH]1. The summed E-state index contributed by atoms with van der Waals surface area (Å²) < 4.78 is 0.874. The number of nitrogens with zero attached hydrogens (tertiary/aromatic N) is 2. The van der Waals surface area contributed by atoms with Crippen molar-refractivity contribution in [3.63, 3.8) is 0 Å². The monoisotopic (exact) mass is 233 g/mol. The molecule has 0 aliphatic carbocycles. The fourth-order valence-corrected chi connectivity index (χ4v) is 0.840. The van der Waals surface area contributed by atoms with Gasteiger partial charge in [0.2, 0.25) is 0 Å². The van der Waals surface area contributed by atoms with Crippen molar-refractivity contribution in [3.05, 3.63) is 20.8 Å². The lowest BCUT2D eigenvalue weighted by molar-refractivity contribution is 1.27. The van der Waals surface area contributed by atoms with Gasteiger partial charge in [0.05, 0.1) is 0 Å². The average Bonchev–Trinajstić information content (AvgIpc) is 2.13. The molecular weight excluding hydrogens is 229 g/mol. The second-order valence-electron chi connectivity index (χ2n) is 1.59. The first-order valence-corrected chi connectivity index (χ1v) is 3.41. The molecule has 1 N–H and O–H groups in total. The van der Waals surface area contributed by atoms with Gasteiger partial charge < -0.3 is 9.83 Å². The lowest BCUT2D eigenvalue weighted by Gasteiger charge is -1.74. The molecule has 0 aliphatic heterocycles. The standard InChI is InChI=1S/C5H4IN3/c1-3-4(6)9-5(7-2)8-3/h1H3,(H,8,9). The summed E-state index contributed by atoms with van der Waals surface area (Å²) in [6.07, 6.45) is 0. The number of nitrogens with one attached hydrogen (secondary N) is 1. The summed E-state index contributed by atoms with van der Waals surface area (Å²) in [4.78, 5) is 9.86. The third kappa shape index (κ3) is 1.21. The van der Waals surface area contributed by atoms with E-state index in [9.17, 15) is 0 Å². The van der Waals surface area contributed by atoms with Crippen LogP contribution < -0.4 is 0 Å². The Morgan fingerprint density at radius 1 is 1.78 bits per heavy atom. The summed E-state index contributed by atoms with van der Waals surface area (Å²) in [5.74, 6) is 0.372. The maximum Gasteiger partial charge on any atom is 0.337 e. The lowest BCUT2D eigenvalue weighted by Crippen LogP contribution is -1.70. The molecule has 1 aromatic heterocycles. The molecule has 1 aromatic rings. The number of halogens is 1. The molecule has 46 valence electrons. The van der Waals surface area contributed by atoms with E-state index in [1.54, 1.807) is 0 Å². The van der Waals surface area contributed by atoms with Crippen LogP contribution in [0.25, 0.3) is 4.85 Å². The fraction of sp³-hybridized carbons (Fsp3) is 0.200. The maximum atomic E-state index is 6.58. The number of hydrogen-bond donors (Lipinski definition) is 1. The van der Waals surface area contributed by atoms with Crippen LogP contribution in [0.1, 0.15) is 5.69 Å². The Labute approximate surface area is 66.5 Å². The highest BCUT2D eigenvalue weighted by Gasteiger charge is 2.03. The molecular formula is C5H4IN3. The number of aryl methyl sites for hydroxylation is 1. The zero-order valence-corrected chi connectivity index (χ0v) is 6.93. The third-order valence-corrected chi connectivity index (χ3v) is 1.97. The number of imidazole rings is 1. The Morgan fingerprint density at radius 2 is 2.44 bits per heavy atom. The van der Waals surface area contributed by atoms with Crippen molar-refractivity contribution in [3.8, 4) is 0 Å². The summed E-state index contributed by atoms with van der Waals surface area (Å²) in [7, 11) is 0. The summed E-state index contributed by atoms with van der Waals surface area (Å²) in [6.45, 7) is 8.47. The van der Waals surface area contributed by atoms with E-state index in [2.05, 4.69) is 37.4 Å². The topological polar surface area (TPSA) is 33.0 Å². The molecule has 0 spiro atoms. The van der Waals surface area contributed by atoms with E-state index in [1.807, 2.05) is 6.92 Å². The van der Waals surface area contributed by atoms with Crippen LogP contribution in [0.5, 0.6) is 0 Å². The van der Waals surface area contributed by atoms with Gasteiger partial charge >= 0.3 is 5.95 Å². The van der Waals surface area contributed by atoms with Crippen molar-refractivity contribution in [2.45, 2.75) is 6.92 Å². The van der Waals surface area contributed by atoms with Crippen LogP contribution in [0, 0.1) is 17.2 Å². The van der Waals surface area contributed by atoms with Gasteiger partial charge in [-0.3, -0.25) is 0 Å². The van der Waals surface area contributed by atoms with E-state index in [-0.39, 0.29) is 0 Å². The van der Waals surface area contributed by atoms with Crippen molar-refractivity contribution in [1.82, 2.24) is 9.97 Å². The van der Waals surface area contributed by atoms with E-state index in [1.165, 1.54) is 0 Å². The van der Waals surface area contributed by atoms with Crippen molar-refractivity contribution >= 4 is 28.5 Å². The lowest BCUT2D eigenvalue weighted by atomic mass is 10.6. The van der Waals surface area contributed by atoms with Gasteiger partial charge in [-0.15, -0.1) is 11.6 Å². The summed E-state index contributed by atoms with van der Waals surface area (Å²) >= 11 is 2.08. The zero-order chi connectivity index (χ0) is 6.85. The van der Waals surface area contributed by atoms with Crippen LogP contribution in [-0.2, 0) is 0 Å². The summed E-state index contributed by atoms with van der Waals surface area (Å²) in [5.41, 5.74) is 0.960. The van der Waals surface area contributed by atoms with Crippen LogP contribution in [0.15, 0.2) is 0 Å². The maximum absolute atomic E-state index is 6.58. The first-order valence-electron chi connectivity index (χ1n) is 2.33. The molecule has 4 heteroatoms. The normalized spacial score (nSPS) is 9.00. The van der Waals surface area contributed by atoms with Gasteiger partial charge in [-0.05, 0) is 6.92 Å². The molecule has 9 heavy (non-hydrogen) atoms. The van der Waals surface area contributed by atoms with E-state index in [0.717, 1.165) is 9.39 Å². The van der Waals surface area contributed by atoms with Crippen molar-refractivity contribution in [1.29, 1.82) is 0 Å². The van der Waals surface area contributed by atoms with Crippen LogP contribution in [-0.4, -0.2) is 9.97 Å². The second kappa shape index (κ2) is 2.35. The molecule has 0 bridgehead atoms. The van der Waals surface area contributed by atoms with E-state index in [0.29, 0.717) is 5.95 Å². The zero-order valence-electron chi connectivity index (χ0n) is 4.77. The summed E-state index contributed by atoms with van der Waals surface area (Å²) in [6, 6.07) is 0. The Kier molecular flexibility index (Phi) is 1.71. The molecule has 0 amide bonds. The highest BCUT2D eigenvalue weighted by atomic mass is 127. The van der Waals surface area contributed by atoms with Gasteiger partial charge in [0.1, 0.15) is 5.69 Å². The molecule has 1 heterocycles. The van der Waals surface area contributed by atoms with Crippen molar-refractivity contribution < 1.29 is 0 Å². The first kappa shape index (κ1) is 6.55.